The molecule has 2 aromatic carbocycles. The van der Waals surface area contributed by atoms with Crippen LogP contribution in [0.3, 0.4) is 0 Å². The molecule has 0 saturated carbocycles. The largest absolute Gasteiger partial charge is 0.497 e. The Kier molecular flexibility index (Phi) is 5.96. The van der Waals surface area contributed by atoms with E-state index in [-0.39, 0.29) is 5.91 Å². The van der Waals surface area contributed by atoms with E-state index in [1.54, 1.807) is 7.11 Å². The van der Waals surface area contributed by atoms with Crippen molar-refractivity contribution in [2.75, 3.05) is 39.8 Å². The molecule has 2 fully saturated rings. The highest BCUT2D eigenvalue weighted by Crippen LogP contribution is 2.34. The van der Waals surface area contributed by atoms with Crippen LogP contribution in [0.4, 0.5) is 0 Å². The Morgan fingerprint density at radius 1 is 0.964 bits per heavy atom. The summed E-state index contributed by atoms with van der Waals surface area (Å²) in [7, 11) is 1.65. The van der Waals surface area contributed by atoms with Crippen molar-refractivity contribution in [2.24, 2.45) is 5.92 Å². The second kappa shape index (κ2) is 8.78. The number of nitrogens with zero attached hydrogens (tertiary/aromatic N) is 2. The highest BCUT2D eigenvalue weighted by molar-refractivity contribution is 5.94. The predicted octanol–water partition coefficient (Wildman–Crippen LogP) is 4.04. The van der Waals surface area contributed by atoms with Gasteiger partial charge in [0.25, 0.3) is 5.91 Å². The van der Waals surface area contributed by atoms with Crippen molar-refractivity contribution in [3.63, 3.8) is 0 Å². The third-order valence-corrected chi connectivity index (χ3v) is 6.23. The summed E-state index contributed by atoms with van der Waals surface area (Å²) in [5.41, 5.74) is 2.10. The molecule has 2 aliphatic rings. The number of piperidine rings is 1. The fraction of sp³-hybridized carbons (Fsp3) is 0.458. The minimum atomic E-state index is 0.129. The Morgan fingerprint density at radius 2 is 1.68 bits per heavy atom. The molecule has 0 spiro atoms. The number of ether oxygens (including phenoxy) is 1. The van der Waals surface area contributed by atoms with Gasteiger partial charge in [-0.05, 0) is 61.7 Å². The second-order valence-corrected chi connectivity index (χ2v) is 8.08. The number of hydrogen-bond donors (Lipinski definition) is 0. The van der Waals surface area contributed by atoms with E-state index in [1.165, 1.54) is 37.9 Å². The number of likely N-dealkylation sites (tertiary alicyclic amines) is 2. The summed E-state index contributed by atoms with van der Waals surface area (Å²) >= 11 is 0. The zero-order chi connectivity index (χ0) is 19.3. The van der Waals surface area contributed by atoms with Crippen molar-refractivity contribution < 1.29 is 9.53 Å². The molecule has 4 heteroatoms. The van der Waals surface area contributed by atoms with E-state index in [0.717, 1.165) is 30.9 Å². The Labute approximate surface area is 168 Å². The van der Waals surface area contributed by atoms with Crippen LogP contribution in [-0.2, 0) is 0 Å². The summed E-state index contributed by atoms with van der Waals surface area (Å²) in [4.78, 5) is 17.8. The molecule has 2 aliphatic heterocycles. The fourth-order valence-corrected chi connectivity index (χ4v) is 4.69. The first-order valence-corrected chi connectivity index (χ1v) is 10.5. The van der Waals surface area contributed by atoms with Crippen molar-refractivity contribution in [3.8, 4) is 5.75 Å². The van der Waals surface area contributed by atoms with E-state index in [9.17, 15) is 4.79 Å². The summed E-state index contributed by atoms with van der Waals surface area (Å²) in [6.45, 7) is 5.12. The zero-order valence-electron chi connectivity index (χ0n) is 16.7. The summed E-state index contributed by atoms with van der Waals surface area (Å²) in [6, 6.07) is 18.2. The molecule has 0 bridgehead atoms. The minimum absolute atomic E-state index is 0.129. The molecule has 0 aromatic heterocycles. The van der Waals surface area contributed by atoms with Gasteiger partial charge in [-0.25, -0.2) is 0 Å². The average Bonchev–Trinajstić information content (AvgIpc) is 3.18. The smallest absolute Gasteiger partial charge is 0.253 e. The zero-order valence-corrected chi connectivity index (χ0v) is 16.7. The standard InChI is InChI=1S/C24H30N2O2/c1-28-22-12-10-20(11-13-22)24(27)26-17-21(16-25-14-6-3-7-15-25)23(18-26)19-8-4-2-5-9-19/h2,4-5,8-13,21,23H,3,6-7,14-18H2,1H3/t21-,23-/m1/s1. The summed E-state index contributed by atoms with van der Waals surface area (Å²) in [6.07, 6.45) is 3.96. The van der Waals surface area contributed by atoms with Gasteiger partial charge in [0.1, 0.15) is 5.75 Å². The average molecular weight is 379 g/mol. The summed E-state index contributed by atoms with van der Waals surface area (Å²) in [5, 5.41) is 0. The number of methoxy groups -OCH3 is 1. The molecule has 4 rings (SSSR count). The molecule has 2 aromatic rings. The van der Waals surface area contributed by atoms with Crippen LogP contribution in [0.5, 0.6) is 5.75 Å². The summed E-state index contributed by atoms with van der Waals surface area (Å²) in [5.74, 6) is 1.81. The first-order valence-electron chi connectivity index (χ1n) is 10.5. The van der Waals surface area contributed by atoms with Crippen LogP contribution in [0.2, 0.25) is 0 Å². The summed E-state index contributed by atoms with van der Waals surface area (Å²) < 4.78 is 5.22. The van der Waals surface area contributed by atoms with Gasteiger partial charge in [-0.2, -0.15) is 0 Å². The van der Waals surface area contributed by atoms with Crippen molar-refractivity contribution >= 4 is 5.91 Å². The molecule has 0 aliphatic carbocycles. The van der Waals surface area contributed by atoms with E-state index in [0.29, 0.717) is 11.8 Å². The Morgan fingerprint density at radius 3 is 2.36 bits per heavy atom. The van der Waals surface area contributed by atoms with E-state index < -0.39 is 0 Å². The number of carbonyl (C=O) groups is 1. The van der Waals surface area contributed by atoms with Gasteiger partial charge in [-0.15, -0.1) is 0 Å². The number of amides is 1. The van der Waals surface area contributed by atoms with E-state index in [4.69, 9.17) is 4.74 Å². The molecule has 2 heterocycles. The second-order valence-electron chi connectivity index (χ2n) is 8.08. The molecule has 0 N–H and O–H groups in total. The van der Waals surface area contributed by atoms with Crippen molar-refractivity contribution in [1.29, 1.82) is 0 Å². The lowest BCUT2D eigenvalue weighted by Gasteiger charge is -2.31. The molecule has 0 radical (unpaired) electrons. The van der Waals surface area contributed by atoms with Crippen LogP contribution < -0.4 is 4.74 Å². The van der Waals surface area contributed by atoms with Gasteiger partial charge in [0.15, 0.2) is 0 Å². The highest BCUT2D eigenvalue weighted by atomic mass is 16.5. The molecule has 0 unspecified atom stereocenters. The first kappa shape index (κ1) is 19.0. The molecule has 2 saturated heterocycles. The molecular weight excluding hydrogens is 348 g/mol. The number of rotatable bonds is 5. The van der Waals surface area contributed by atoms with Gasteiger partial charge in [0.2, 0.25) is 0 Å². The SMILES string of the molecule is COc1ccc(C(=O)N2C[C@@H](CN3CCCCC3)[C@@H](c3ccccc3)C2)cc1. The lowest BCUT2D eigenvalue weighted by molar-refractivity contribution is 0.0781. The van der Waals surface area contributed by atoms with E-state index in [1.807, 2.05) is 29.2 Å². The molecule has 148 valence electrons. The minimum Gasteiger partial charge on any atom is -0.497 e. The lowest BCUT2D eigenvalue weighted by atomic mass is 9.88. The number of benzene rings is 2. The van der Waals surface area contributed by atoms with Crippen LogP contribution in [0.15, 0.2) is 54.6 Å². The third-order valence-electron chi connectivity index (χ3n) is 6.23. The van der Waals surface area contributed by atoms with Gasteiger partial charge in [0.05, 0.1) is 7.11 Å². The van der Waals surface area contributed by atoms with Gasteiger partial charge >= 0.3 is 0 Å². The van der Waals surface area contributed by atoms with Crippen LogP contribution in [-0.4, -0.2) is 55.5 Å². The van der Waals surface area contributed by atoms with Crippen LogP contribution in [0.1, 0.15) is 41.1 Å². The maximum atomic E-state index is 13.1. The van der Waals surface area contributed by atoms with Crippen LogP contribution >= 0.6 is 0 Å². The van der Waals surface area contributed by atoms with Gasteiger partial charge in [-0.3, -0.25) is 4.79 Å². The van der Waals surface area contributed by atoms with Crippen LogP contribution in [0.25, 0.3) is 0 Å². The fourth-order valence-electron chi connectivity index (χ4n) is 4.69. The normalized spacial score (nSPS) is 23.0. The molecule has 4 nitrogen and oxygen atoms in total. The van der Waals surface area contributed by atoms with Crippen molar-refractivity contribution in [3.05, 3.63) is 65.7 Å². The van der Waals surface area contributed by atoms with Gasteiger partial charge in [-0.1, -0.05) is 36.8 Å². The topological polar surface area (TPSA) is 32.8 Å². The highest BCUT2D eigenvalue weighted by Gasteiger charge is 2.37. The van der Waals surface area contributed by atoms with E-state index in [2.05, 4.69) is 35.2 Å². The quantitative estimate of drug-likeness (QED) is 0.787. The molecular formula is C24H30N2O2. The molecule has 1 amide bonds. The predicted molar refractivity (Wildman–Crippen MR) is 112 cm³/mol. The van der Waals surface area contributed by atoms with Gasteiger partial charge < -0.3 is 14.5 Å². The van der Waals surface area contributed by atoms with E-state index >= 15 is 0 Å². The molecule has 28 heavy (non-hydrogen) atoms. The van der Waals surface area contributed by atoms with Crippen LogP contribution in [0, 0.1) is 5.92 Å². The number of carbonyl (C=O) groups excluding carboxylic acids is 1. The Bertz CT molecular complexity index is 769. The van der Waals surface area contributed by atoms with Gasteiger partial charge in [0, 0.05) is 31.1 Å². The lowest BCUT2D eigenvalue weighted by Crippen LogP contribution is -2.36. The first-order chi connectivity index (χ1) is 13.7. The maximum absolute atomic E-state index is 13.1. The Hall–Kier alpha value is -2.33. The Balaban J connectivity index is 1.51. The monoisotopic (exact) mass is 378 g/mol. The van der Waals surface area contributed by atoms with Crippen molar-refractivity contribution in [2.45, 2.75) is 25.2 Å². The molecule has 2 atom stereocenters. The maximum Gasteiger partial charge on any atom is 0.253 e. The third kappa shape index (κ3) is 4.22. The van der Waals surface area contributed by atoms with Crippen molar-refractivity contribution in [1.82, 2.24) is 9.80 Å². The number of hydrogen-bond acceptors (Lipinski definition) is 3.